The molecule has 6 heterocycles. The average molecular weight is 1720 g/mol. The summed E-state index contributed by atoms with van der Waals surface area (Å²) in [6.45, 7) is 15.0. The number of likely N-dealkylation sites (tertiary alicyclic amines) is 6. The maximum absolute atomic E-state index is 13.6. The molecule has 662 valence electrons. The number of likely N-dealkylation sites (N-methyl/N-ethyl adjacent to an activating group) is 6. The summed E-state index contributed by atoms with van der Waals surface area (Å²) in [5.74, 6) is -2.19. The van der Waals surface area contributed by atoms with E-state index in [-0.39, 0.29) is 160 Å². The van der Waals surface area contributed by atoms with Crippen molar-refractivity contribution in [3.63, 3.8) is 0 Å². The van der Waals surface area contributed by atoms with Gasteiger partial charge in [0.2, 0.25) is 5.92 Å². The highest BCUT2D eigenvalue weighted by Gasteiger charge is 2.44. The zero-order valence-corrected chi connectivity index (χ0v) is 73.5. The molecule has 0 bridgehead atoms. The van der Waals surface area contributed by atoms with Gasteiger partial charge in [-0.05, 0) is 168 Å². The van der Waals surface area contributed by atoms with E-state index in [2.05, 4.69) is 108 Å². The summed E-state index contributed by atoms with van der Waals surface area (Å²) >= 11 is 0. The lowest BCUT2D eigenvalue weighted by Crippen LogP contribution is -2.48. The van der Waals surface area contributed by atoms with Crippen molar-refractivity contribution in [2.24, 2.45) is 0 Å². The Balaban J connectivity index is 0.000000244. The number of carbonyl (C=O) groups is 7. The first-order valence-electron chi connectivity index (χ1n) is 42.1. The molecular formula is C96H137F3N12O7S3. The van der Waals surface area contributed by atoms with Crippen molar-refractivity contribution in [1.82, 2.24) is 58.8 Å². The van der Waals surface area contributed by atoms with Crippen LogP contribution in [0.5, 0.6) is 0 Å². The van der Waals surface area contributed by atoms with Crippen molar-refractivity contribution < 1.29 is 46.7 Å². The monoisotopic (exact) mass is 1720 g/mol. The minimum absolute atomic E-state index is 0. The predicted octanol–water partition coefficient (Wildman–Crippen LogP) is 17.5. The maximum Gasteiger partial charge on any atom is 0.320 e. The lowest BCUT2D eigenvalue weighted by molar-refractivity contribution is -0.121. The summed E-state index contributed by atoms with van der Waals surface area (Å²) in [4.78, 5) is 115. The largest absolute Gasteiger partial charge is 0.337 e. The van der Waals surface area contributed by atoms with Gasteiger partial charge in [-0.3, -0.25) is 33.9 Å². The number of rotatable bonds is 15. The first-order valence-corrected chi connectivity index (χ1v) is 42.1. The van der Waals surface area contributed by atoms with Crippen LogP contribution in [0.4, 0.5) is 27.6 Å². The summed E-state index contributed by atoms with van der Waals surface area (Å²) < 4.78 is 40.6. The number of hydrogen-bond acceptors (Lipinski definition) is 10. The molecule has 19 nitrogen and oxygen atoms in total. The Bertz CT molecular complexity index is 4400. The number of alkyl halides is 2. The number of allylic oxidation sites excluding steroid dienone is 1. The van der Waals surface area contributed by atoms with Gasteiger partial charge in [0.1, 0.15) is 5.78 Å². The van der Waals surface area contributed by atoms with E-state index < -0.39 is 5.92 Å². The second-order valence-electron chi connectivity index (χ2n) is 34.2. The predicted molar refractivity (Wildman–Crippen MR) is 498 cm³/mol. The van der Waals surface area contributed by atoms with E-state index >= 15 is 0 Å². The number of amides is 9. The quantitative estimate of drug-likeness (QED) is 0.0969. The van der Waals surface area contributed by atoms with Gasteiger partial charge in [-0.2, -0.15) is 40.5 Å². The van der Waals surface area contributed by atoms with Gasteiger partial charge in [0.15, 0.2) is 0 Å². The second kappa shape index (κ2) is 44.8. The van der Waals surface area contributed by atoms with Crippen molar-refractivity contribution in [2.75, 3.05) is 121 Å². The molecule has 7 atom stereocenters. The molecule has 3 aliphatic carbocycles. The lowest BCUT2D eigenvalue weighted by Gasteiger charge is -2.35. The summed E-state index contributed by atoms with van der Waals surface area (Å²) in [7, 11) is 11.2. The van der Waals surface area contributed by atoms with Crippen LogP contribution in [0.25, 0.3) is 33.4 Å². The smallest absolute Gasteiger partial charge is 0.320 e. The maximum atomic E-state index is 13.6. The van der Waals surface area contributed by atoms with Crippen LogP contribution in [0, 0.1) is 20.8 Å². The highest BCUT2D eigenvalue weighted by atomic mass is 32.1. The topological polar surface area (TPSA) is 158 Å². The Morgan fingerprint density at radius 2 is 0.579 bits per heavy atom. The van der Waals surface area contributed by atoms with Crippen LogP contribution in [0.15, 0.2) is 157 Å². The molecule has 9 aliphatic rings. The van der Waals surface area contributed by atoms with E-state index in [1.54, 1.807) is 20.8 Å². The van der Waals surface area contributed by atoms with Crippen LogP contribution < -0.4 is 0 Å². The van der Waals surface area contributed by atoms with E-state index in [9.17, 15) is 46.7 Å². The minimum atomic E-state index is -2.52. The standard InChI is InChI=1S/C31H40F2N4O2.C31H39FN4O2.C31H40N4O3.3CH4.3H2S/c1-22-4-6-23(7-5-22)24-8-10-25(11-9-24)29(38)34(2)27-15-19-37(21-27)30(39)35(3)28-14-18-36(20-28)26-12-16-31(32,33)17-13-26;1-22-4-6-23(7-5-22)24-8-10-25(11-9-24)30(37)33(2)28-17-19-36(21-28)31(38)34(3)29-16-18-35(20-29)27-14-12-26(32)13-15-27;1-22-4-6-23(7-5-22)24-8-10-25(11-9-24)30(37)32(2)27-17-19-35(21-27)31(38)33(3)28-16-18-34(20-28)26-12-14-29(36)15-13-26;;;;;;/h4-11,26-28H,12-21H2,1-3H3;4-12,27-29H,13-21H2,1-3H3;4-11,26-28H,12-21H2,1-3H3;3*1H4;3*1H2/t27-,28?;27?,28-,29?;27-,28?;;;;;;/m000....../s1. The molecule has 0 radical (unpaired) electrons. The number of ketones is 1. The summed E-state index contributed by atoms with van der Waals surface area (Å²) in [5, 5.41) is 0. The molecule has 6 aliphatic heterocycles. The van der Waals surface area contributed by atoms with Crippen molar-refractivity contribution in [3.05, 3.63) is 191 Å². The summed E-state index contributed by atoms with van der Waals surface area (Å²) in [6.07, 6.45) is 13.2. The third kappa shape index (κ3) is 24.6. The van der Waals surface area contributed by atoms with Gasteiger partial charge in [-0.15, -0.1) is 0 Å². The van der Waals surface area contributed by atoms with Gasteiger partial charge in [-0.1, -0.05) is 154 Å². The van der Waals surface area contributed by atoms with E-state index in [1.807, 2.05) is 144 Å². The van der Waals surface area contributed by atoms with Gasteiger partial charge in [0.25, 0.3) is 17.7 Å². The molecule has 121 heavy (non-hydrogen) atoms. The first kappa shape index (κ1) is 99.8. The van der Waals surface area contributed by atoms with Crippen LogP contribution >= 0.6 is 40.5 Å². The van der Waals surface area contributed by atoms with Crippen LogP contribution in [0.1, 0.15) is 179 Å². The van der Waals surface area contributed by atoms with Gasteiger partial charge < -0.3 is 44.1 Å². The molecule has 0 aromatic heterocycles. The van der Waals surface area contributed by atoms with E-state index in [0.29, 0.717) is 106 Å². The Morgan fingerprint density at radius 1 is 0.331 bits per heavy atom. The van der Waals surface area contributed by atoms with Gasteiger partial charge >= 0.3 is 18.1 Å². The number of urea groups is 3. The van der Waals surface area contributed by atoms with Crippen LogP contribution in [-0.2, 0) is 4.79 Å². The van der Waals surface area contributed by atoms with E-state index in [1.165, 1.54) is 16.7 Å². The van der Waals surface area contributed by atoms with Crippen molar-refractivity contribution >= 4 is 82.1 Å². The van der Waals surface area contributed by atoms with Gasteiger partial charge in [0, 0.05) is 206 Å². The van der Waals surface area contributed by atoms with Crippen LogP contribution in [0.2, 0.25) is 0 Å². The summed E-state index contributed by atoms with van der Waals surface area (Å²) in [6, 6.07) is 49.9. The number of halogens is 3. The third-order valence-electron chi connectivity index (χ3n) is 26.7. The molecule has 25 heteroatoms. The Morgan fingerprint density at radius 3 is 0.860 bits per heavy atom. The zero-order valence-electron chi connectivity index (χ0n) is 70.5. The molecule has 4 unspecified atom stereocenters. The van der Waals surface area contributed by atoms with Crippen LogP contribution in [-0.4, -0.2) is 282 Å². The average Bonchev–Trinajstić information content (AvgIpc) is 1.65. The lowest BCUT2D eigenvalue weighted by atomic mass is 9.91. The zero-order chi connectivity index (χ0) is 81.4. The van der Waals surface area contributed by atoms with E-state index in [0.717, 1.165) is 137 Å². The molecule has 9 amide bonds. The number of benzene rings is 6. The van der Waals surface area contributed by atoms with Crippen molar-refractivity contribution in [1.29, 1.82) is 0 Å². The number of aryl methyl sites for hydroxylation is 3. The molecule has 0 N–H and O–H groups in total. The fraction of sp³-hybridized carbons (Fsp3) is 0.531. The third-order valence-corrected chi connectivity index (χ3v) is 26.7. The minimum Gasteiger partial charge on any atom is -0.337 e. The SMILES string of the molecule is C.C.C.Cc1ccc(-c2ccc(C(=O)N(C)[C@H]3CCN(C(=O)N(C)C4CCN(C5CC=C(F)CC5)C4)C3)cc2)cc1.Cc1ccc(-c2ccc(C(=O)N(C)[C@H]3CCN(C(=O)N(C)C4CCN(C5CCC(=O)CC5)C4)C3)cc2)cc1.Cc1ccc(-c2ccc(C(=O)N(C)[C@H]3CCN(C(=O)N(C)C4CCN(C5CCC(F)(F)CC5)C4)C3)cc2)cc1.S.S.S. The first-order chi connectivity index (χ1) is 55.2. The highest BCUT2D eigenvalue weighted by Crippen LogP contribution is 2.38. The molecular weight excluding hydrogens is 1590 g/mol. The molecule has 0 spiro atoms. The summed E-state index contributed by atoms with van der Waals surface area (Å²) in [5.41, 5.74) is 12.3. The normalized spacial score (nSPS) is 22.2. The fourth-order valence-electron chi connectivity index (χ4n) is 18.6. The van der Waals surface area contributed by atoms with E-state index in [4.69, 9.17) is 0 Å². The molecule has 6 aromatic rings. The van der Waals surface area contributed by atoms with Gasteiger partial charge in [-0.25, -0.2) is 27.6 Å². The molecule has 15 rings (SSSR count). The van der Waals surface area contributed by atoms with Crippen molar-refractivity contribution in [2.45, 2.75) is 213 Å². The second-order valence-corrected chi connectivity index (χ2v) is 34.2. The van der Waals surface area contributed by atoms with Crippen LogP contribution in [0.3, 0.4) is 0 Å². The number of hydrogen-bond donors (Lipinski definition) is 0. The molecule has 8 fully saturated rings. The molecule has 6 saturated heterocycles. The molecule has 6 aromatic carbocycles. The fourth-order valence-corrected chi connectivity index (χ4v) is 18.6. The number of carbonyl (C=O) groups excluding carboxylic acids is 7. The number of nitrogens with zero attached hydrogens (tertiary/aromatic N) is 12. The highest BCUT2D eigenvalue weighted by molar-refractivity contribution is 7.59. The Hall–Kier alpha value is -8.33. The molecule has 2 saturated carbocycles. The number of Topliss-reactive ketones (excluding diaryl/α,β-unsaturated/α-hetero) is 1. The van der Waals surface area contributed by atoms with Gasteiger partial charge in [0.05, 0.1) is 24.0 Å². The van der Waals surface area contributed by atoms with Crippen molar-refractivity contribution in [3.8, 4) is 33.4 Å². The Kier molecular flexibility index (Phi) is 37.0. The Labute approximate surface area is 740 Å².